The van der Waals surface area contributed by atoms with E-state index >= 15 is 0 Å². The molecule has 0 amide bonds. The average molecular weight is 219 g/mol. The van der Waals surface area contributed by atoms with E-state index in [0.29, 0.717) is 6.04 Å². The van der Waals surface area contributed by atoms with Crippen molar-refractivity contribution in [2.24, 2.45) is 0 Å². The van der Waals surface area contributed by atoms with Crippen LogP contribution in [-0.2, 0) is 0 Å². The maximum Gasteiger partial charge on any atom is 0.132 e. The van der Waals surface area contributed by atoms with Crippen LogP contribution in [0.3, 0.4) is 0 Å². The Bertz CT molecular complexity index is 349. The fourth-order valence-electron chi connectivity index (χ4n) is 2.60. The van der Waals surface area contributed by atoms with E-state index in [1.807, 2.05) is 6.20 Å². The molecule has 1 aliphatic rings. The number of rotatable bonds is 3. The monoisotopic (exact) mass is 219 g/mol. The van der Waals surface area contributed by atoms with Crippen molar-refractivity contribution >= 4 is 5.82 Å². The zero-order valence-electron chi connectivity index (χ0n) is 10.5. The van der Waals surface area contributed by atoms with Crippen molar-refractivity contribution in [1.29, 1.82) is 0 Å². The molecule has 0 saturated carbocycles. The van der Waals surface area contributed by atoms with Gasteiger partial charge in [-0.1, -0.05) is 13.0 Å². The minimum absolute atomic E-state index is 0.566. The van der Waals surface area contributed by atoms with Gasteiger partial charge in [0, 0.05) is 31.9 Å². The quantitative estimate of drug-likeness (QED) is 0.777. The highest BCUT2D eigenvalue weighted by Crippen LogP contribution is 2.35. The Labute approximate surface area is 98.1 Å². The first-order chi connectivity index (χ1) is 7.74. The summed E-state index contributed by atoms with van der Waals surface area (Å²) < 4.78 is 0. The summed E-state index contributed by atoms with van der Waals surface area (Å²) in [6.07, 6.45) is 4.45. The lowest BCUT2D eigenvalue weighted by Crippen LogP contribution is -2.25. The summed E-state index contributed by atoms with van der Waals surface area (Å²) in [6.45, 7) is 4.60. The SMILES string of the molecule is CCN1CCC[C@@H]1c1cccnc1N(C)C. The molecule has 2 heterocycles. The van der Waals surface area contributed by atoms with Gasteiger partial charge in [-0.25, -0.2) is 4.98 Å². The molecule has 88 valence electrons. The van der Waals surface area contributed by atoms with Gasteiger partial charge in [0.25, 0.3) is 0 Å². The maximum absolute atomic E-state index is 4.49. The molecule has 3 heteroatoms. The Morgan fingerprint density at radius 1 is 1.50 bits per heavy atom. The summed E-state index contributed by atoms with van der Waals surface area (Å²) >= 11 is 0. The van der Waals surface area contributed by atoms with E-state index < -0.39 is 0 Å². The molecule has 1 atom stereocenters. The van der Waals surface area contributed by atoms with Gasteiger partial charge in [0.1, 0.15) is 5.82 Å². The summed E-state index contributed by atoms with van der Waals surface area (Å²) in [5, 5.41) is 0. The van der Waals surface area contributed by atoms with Gasteiger partial charge in [-0.2, -0.15) is 0 Å². The summed E-state index contributed by atoms with van der Waals surface area (Å²) in [5.41, 5.74) is 1.38. The number of nitrogens with zero attached hydrogens (tertiary/aromatic N) is 3. The van der Waals surface area contributed by atoms with E-state index in [0.717, 1.165) is 12.4 Å². The number of hydrogen-bond donors (Lipinski definition) is 0. The van der Waals surface area contributed by atoms with Gasteiger partial charge in [0.2, 0.25) is 0 Å². The molecule has 16 heavy (non-hydrogen) atoms. The minimum Gasteiger partial charge on any atom is -0.362 e. The average Bonchev–Trinajstić information content (AvgIpc) is 2.76. The Hall–Kier alpha value is -1.09. The fourth-order valence-corrected chi connectivity index (χ4v) is 2.60. The second-order valence-electron chi connectivity index (χ2n) is 4.60. The lowest BCUT2D eigenvalue weighted by atomic mass is 10.1. The third-order valence-corrected chi connectivity index (χ3v) is 3.37. The topological polar surface area (TPSA) is 19.4 Å². The molecule has 1 saturated heterocycles. The van der Waals surface area contributed by atoms with Gasteiger partial charge in [-0.3, -0.25) is 4.90 Å². The second-order valence-corrected chi connectivity index (χ2v) is 4.60. The molecule has 0 unspecified atom stereocenters. The molecule has 1 aliphatic heterocycles. The maximum atomic E-state index is 4.49. The number of anilines is 1. The van der Waals surface area contributed by atoms with Crippen molar-refractivity contribution < 1.29 is 0 Å². The fraction of sp³-hybridized carbons (Fsp3) is 0.615. The molecule has 2 rings (SSSR count). The van der Waals surface area contributed by atoms with E-state index in [4.69, 9.17) is 0 Å². The third kappa shape index (κ3) is 2.05. The van der Waals surface area contributed by atoms with Gasteiger partial charge in [-0.15, -0.1) is 0 Å². The van der Waals surface area contributed by atoms with Crippen molar-refractivity contribution in [3.63, 3.8) is 0 Å². The molecule has 0 N–H and O–H groups in total. The predicted octanol–water partition coefficient (Wildman–Crippen LogP) is 2.30. The van der Waals surface area contributed by atoms with Crippen molar-refractivity contribution in [2.75, 3.05) is 32.1 Å². The van der Waals surface area contributed by atoms with E-state index in [1.165, 1.54) is 24.9 Å². The van der Waals surface area contributed by atoms with Crippen LogP contribution in [0.2, 0.25) is 0 Å². The molecule has 0 aromatic carbocycles. The van der Waals surface area contributed by atoms with Gasteiger partial charge in [0.15, 0.2) is 0 Å². The van der Waals surface area contributed by atoms with E-state index in [9.17, 15) is 0 Å². The Balaban J connectivity index is 2.32. The van der Waals surface area contributed by atoms with Gasteiger partial charge in [-0.05, 0) is 32.0 Å². The smallest absolute Gasteiger partial charge is 0.132 e. The van der Waals surface area contributed by atoms with Crippen LogP contribution in [0.4, 0.5) is 5.82 Å². The first kappa shape index (κ1) is 11.4. The number of likely N-dealkylation sites (tertiary alicyclic amines) is 1. The van der Waals surface area contributed by atoms with Crippen LogP contribution >= 0.6 is 0 Å². The summed E-state index contributed by atoms with van der Waals surface area (Å²) in [5.74, 6) is 1.12. The molecule has 1 aromatic heterocycles. The molecule has 3 nitrogen and oxygen atoms in total. The Kier molecular flexibility index (Phi) is 3.44. The van der Waals surface area contributed by atoms with E-state index in [-0.39, 0.29) is 0 Å². The van der Waals surface area contributed by atoms with Crippen LogP contribution in [0.5, 0.6) is 0 Å². The standard InChI is InChI=1S/C13H21N3/c1-4-16-10-6-8-12(16)11-7-5-9-14-13(11)15(2)3/h5,7,9,12H,4,6,8,10H2,1-3H3/t12-/m1/s1. The van der Waals surface area contributed by atoms with Crippen LogP contribution < -0.4 is 4.90 Å². The second kappa shape index (κ2) is 4.83. The number of aromatic nitrogens is 1. The summed E-state index contributed by atoms with van der Waals surface area (Å²) in [7, 11) is 4.13. The highest BCUT2D eigenvalue weighted by molar-refractivity contribution is 5.47. The van der Waals surface area contributed by atoms with Crippen molar-refractivity contribution in [3.05, 3.63) is 23.9 Å². The van der Waals surface area contributed by atoms with Crippen LogP contribution in [0, 0.1) is 0 Å². The van der Waals surface area contributed by atoms with Gasteiger partial charge < -0.3 is 4.90 Å². The molecule has 0 aliphatic carbocycles. The molecular weight excluding hydrogens is 198 g/mol. The number of hydrogen-bond acceptors (Lipinski definition) is 3. The largest absolute Gasteiger partial charge is 0.362 e. The van der Waals surface area contributed by atoms with Crippen LogP contribution in [0.25, 0.3) is 0 Å². The molecule has 0 spiro atoms. The summed E-state index contributed by atoms with van der Waals surface area (Å²) in [6, 6.07) is 4.84. The molecule has 0 bridgehead atoms. The Morgan fingerprint density at radius 3 is 3.00 bits per heavy atom. The molecular formula is C13H21N3. The number of pyridine rings is 1. The van der Waals surface area contributed by atoms with Crippen molar-refractivity contribution in [1.82, 2.24) is 9.88 Å². The van der Waals surface area contributed by atoms with Gasteiger partial charge in [0.05, 0.1) is 0 Å². The third-order valence-electron chi connectivity index (χ3n) is 3.37. The highest BCUT2D eigenvalue weighted by atomic mass is 15.2. The molecule has 1 fully saturated rings. The Morgan fingerprint density at radius 2 is 2.31 bits per heavy atom. The lowest BCUT2D eigenvalue weighted by molar-refractivity contribution is 0.271. The minimum atomic E-state index is 0.566. The highest BCUT2D eigenvalue weighted by Gasteiger charge is 2.27. The molecule has 0 radical (unpaired) electrons. The van der Waals surface area contributed by atoms with Crippen LogP contribution in [-0.4, -0.2) is 37.1 Å². The summed E-state index contributed by atoms with van der Waals surface area (Å²) in [4.78, 5) is 9.15. The zero-order chi connectivity index (χ0) is 11.5. The van der Waals surface area contributed by atoms with E-state index in [2.05, 4.69) is 47.9 Å². The van der Waals surface area contributed by atoms with Crippen molar-refractivity contribution in [2.45, 2.75) is 25.8 Å². The molecule has 1 aromatic rings. The predicted molar refractivity (Wildman–Crippen MR) is 67.8 cm³/mol. The lowest BCUT2D eigenvalue weighted by Gasteiger charge is -2.26. The van der Waals surface area contributed by atoms with Gasteiger partial charge >= 0.3 is 0 Å². The van der Waals surface area contributed by atoms with E-state index in [1.54, 1.807) is 0 Å². The zero-order valence-corrected chi connectivity index (χ0v) is 10.5. The first-order valence-corrected chi connectivity index (χ1v) is 6.10. The normalized spacial score (nSPS) is 21.3. The van der Waals surface area contributed by atoms with Crippen molar-refractivity contribution in [3.8, 4) is 0 Å². The van der Waals surface area contributed by atoms with Crippen LogP contribution in [0.15, 0.2) is 18.3 Å². The first-order valence-electron chi connectivity index (χ1n) is 6.10. The van der Waals surface area contributed by atoms with Crippen LogP contribution in [0.1, 0.15) is 31.4 Å².